The average Bonchev–Trinajstić information content (AvgIpc) is 2.79. The minimum atomic E-state index is -0.953. The molecule has 2 N–H and O–H groups in total. The van der Waals surface area contributed by atoms with Gasteiger partial charge in [0.1, 0.15) is 0 Å². The maximum Gasteiger partial charge on any atom is 0.365 e. The average molecular weight is 256 g/mol. The van der Waals surface area contributed by atoms with Gasteiger partial charge in [-0.05, 0) is 25.3 Å². The normalized spacial score (nSPS) is 17.2. The molecule has 1 aliphatic rings. The monoisotopic (exact) mass is 256 g/mol. The number of aromatic carboxylic acids is 1. The van der Waals surface area contributed by atoms with Crippen molar-refractivity contribution < 1.29 is 14.6 Å². The lowest BCUT2D eigenvalue weighted by Crippen LogP contribution is -2.27. The first-order valence-corrected chi connectivity index (χ1v) is 6.60. The van der Waals surface area contributed by atoms with Gasteiger partial charge in [0, 0.05) is 25.1 Å². The number of hydrogen-bond donors (Lipinski definition) is 2. The van der Waals surface area contributed by atoms with E-state index >= 15 is 0 Å². The van der Waals surface area contributed by atoms with Crippen LogP contribution in [0.15, 0.2) is 5.38 Å². The molecule has 0 aromatic carbocycles. The van der Waals surface area contributed by atoms with Crippen LogP contribution in [0.2, 0.25) is 0 Å². The Balaban J connectivity index is 1.71. The van der Waals surface area contributed by atoms with Gasteiger partial charge in [-0.3, -0.25) is 0 Å². The number of ether oxygens (including phenoxy) is 1. The Labute approximate surface area is 104 Å². The summed E-state index contributed by atoms with van der Waals surface area (Å²) in [6, 6.07) is 0. The van der Waals surface area contributed by atoms with Crippen molar-refractivity contribution in [2.75, 3.05) is 19.8 Å². The SMILES string of the molecule is O=C(O)c1nc(CNCC2CCOCC2)cs1. The van der Waals surface area contributed by atoms with Gasteiger partial charge >= 0.3 is 5.97 Å². The van der Waals surface area contributed by atoms with E-state index in [1.807, 2.05) is 0 Å². The number of rotatable bonds is 5. The third kappa shape index (κ3) is 3.76. The molecule has 1 aliphatic heterocycles. The van der Waals surface area contributed by atoms with E-state index in [2.05, 4.69) is 10.3 Å². The lowest BCUT2D eigenvalue weighted by Gasteiger charge is -2.21. The van der Waals surface area contributed by atoms with Gasteiger partial charge in [0.05, 0.1) is 5.69 Å². The number of nitrogens with zero attached hydrogens (tertiary/aromatic N) is 1. The second-order valence-electron chi connectivity index (χ2n) is 4.14. The predicted octanol–water partition coefficient (Wildman–Crippen LogP) is 1.36. The van der Waals surface area contributed by atoms with Crippen molar-refractivity contribution in [3.63, 3.8) is 0 Å². The fraction of sp³-hybridized carbons (Fsp3) is 0.636. The van der Waals surface area contributed by atoms with Crippen LogP contribution in [0.5, 0.6) is 0 Å². The first-order chi connectivity index (χ1) is 8.25. The molecule has 0 aliphatic carbocycles. The maximum absolute atomic E-state index is 10.6. The van der Waals surface area contributed by atoms with Crippen LogP contribution >= 0.6 is 11.3 Å². The number of nitrogens with one attached hydrogen (secondary N) is 1. The lowest BCUT2D eigenvalue weighted by atomic mass is 10.0. The zero-order valence-corrected chi connectivity index (χ0v) is 10.3. The summed E-state index contributed by atoms with van der Waals surface area (Å²) < 4.78 is 5.29. The Morgan fingerprint density at radius 1 is 1.59 bits per heavy atom. The fourth-order valence-electron chi connectivity index (χ4n) is 1.84. The standard InChI is InChI=1S/C11H16N2O3S/c14-11(15)10-13-9(7-17-10)6-12-5-8-1-3-16-4-2-8/h7-8,12H,1-6H2,(H,14,15). The van der Waals surface area contributed by atoms with E-state index in [0.29, 0.717) is 12.5 Å². The smallest absolute Gasteiger partial charge is 0.365 e. The summed E-state index contributed by atoms with van der Waals surface area (Å²) in [5.41, 5.74) is 0.805. The second kappa shape index (κ2) is 6.09. The highest BCUT2D eigenvalue weighted by Gasteiger charge is 2.13. The van der Waals surface area contributed by atoms with E-state index in [9.17, 15) is 4.79 Å². The van der Waals surface area contributed by atoms with E-state index < -0.39 is 5.97 Å². The first kappa shape index (κ1) is 12.5. The number of thiazole rings is 1. The number of carboxylic acid groups (broad SMARTS) is 1. The van der Waals surface area contributed by atoms with Gasteiger partial charge in [-0.1, -0.05) is 0 Å². The van der Waals surface area contributed by atoms with Gasteiger partial charge in [-0.2, -0.15) is 0 Å². The van der Waals surface area contributed by atoms with E-state index in [-0.39, 0.29) is 5.01 Å². The van der Waals surface area contributed by atoms with Crippen LogP contribution in [0.1, 0.15) is 28.3 Å². The third-order valence-electron chi connectivity index (χ3n) is 2.81. The molecule has 17 heavy (non-hydrogen) atoms. The van der Waals surface area contributed by atoms with Gasteiger partial charge in [-0.15, -0.1) is 11.3 Å². The summed E-state index contributed by atoms with van der Waals surface area (Å²) in [5.74, 6) is -0.285. The van der Waals surface area contributed by atoms with E-state index in [4.69, 9.17) is 9.84 Å². The van der Waals surface area contributed by atoms with Crippen LogP contribution in [0.4, 0.5) is 0 Å². The van der Waals surface area contributed by atoms with Gasteiger partial charge in [-0.25, -0.2) is 9.78 Å². The highest BCUT2D eigenvalue weighted by Crippen LogP contribution is 2.14. The summed E-state index contributed by atoms with van der Waals surface area (Å²) in [5, 5.41) is 14.0. The van der Waals surface area contributed by atoms with Crippen molar-refractivity contribution in [3.05, 3.63) is 16.1 Å². The molecule has 0 amide bonds. The van der Waals surface area contributed by atoms with Gasteiger partial charge < -0.3 is 15.2 Å². The molecule has 0 atom stereocenters. The Hall–Kier alpha value is -0.980. The zero-order valence-electron chi connectivity index (χ0n) is 9.52. The largest absolute Gasteiger partial charge is 0.476 e. The molecule has 2 heterocycles. The van der Waals surface area contributed by atoms with E-state index in [0.717, 1.165) is 38.3 Å². The highest BCUT2D eigenvalue weighted by atomic mass is 32.1. The molecule has 94 valence electrons. The van der Waals surface area contributed by atoms with Crippen molar-refractivity contribution in [2.24, 2.45) is 5.92 Å². The highest BCUT2D eigenvalue weighted by molar-refractivity contribution is 7.11. The topological polar surface area (TPSA) is 71.5 Å². The Morgan fingerprint density at radius 3 is 3.00 bits per heavy atom. The summed E-state index contributed by atoms with van der Waals surface area (Å²) in [6.07, 6.45) is 2.20. The van der Waals surface area contributed by atoms with E-state index in [1.165, 1.54) is 11.3 Å². The Morgan fingerprint density at radius 2 is 2.35 bits per heavy atom. The molecule has 1 aromatic heterocycles. The minimum absolute atomic E-state index is 0.160. The van der Waals surface area contributed by atoms with Gasteiger partial charge in [0.2, 0.25) is 5.01 Å². The summed E-state index contributed by atoms with van der Waals surface area (Å²) in [7, 11) is 0. The van der Waals surface area contributed by atoms with Crippen molar-refractivity contribution in [2.45, 2.75) is 19.4 Å². The molecule has 0 bridgehead atoms. The molecule has 0 radical (unpaired) electrons. The predicted molar refractivity (Wildman–Crippen MR) is 64.3 cm³/mol. The van der Waals surface area contributed by atoms with Crippen molar-refractivity contribution in [1.82, 2.24) is 10.3 Å². The van der Waals surface area contributed by atoms with Crippen molar-refractivity contribution in [3.8, 4) is 0 Å². The lowest BCUT2D eigenvalue weighted by molar-refractivity contribution is 0.0661. The molecule has 2 rings (SSSR count). The minimum Gasteiger partial charge on any atom is -0.476 e. The van der Waals surface area contributed by atoms with Crippen molar-refractivity contribution in [1.29, 1.82) is 0 Å². The van der Waals surface area contributed by atoms with Crippen LogP contribution in [-0.4, -0.2) is 35.8 Å². The molecule has 0 saturated carbocycles. The van der Waals surface area contributed by atoms with Crippen LogP contribution < -0.4 is 5.32 Å². The zero-order chi connectivity index (χ0) is 12.1. The number of carboxylic acids is 1. The summed E-state index contributed by atoms with van der Waals surface area (Å²) in [4.78, 5) is 14.7. The Bertz CT molecular complexity index is 375. The fourth-order valence-corrected chi connectivity index (χ4v) is 2.50. The maximum atomic E-state index is 10.6. The third-order valence-corrected chi connectivity index (χ3v) is 3.69. The molecule has 0 unspecified atom stereocenters. The first-order valence-electron chi connectivity index (χ1n) is 5.72. The second-order valence-corrected chi connectivity index (χ2v) is 4.99. The van der Waals surface area contributed by atoms with Crippen LogP contribution in [0.25, 0.3) is 0 Å². The molecular weight excluding hydrogens is 240 g/mol. The number of aromatic nitrogens is 1. The van der Waals surface area contributed by atoms with E-state index in [1.54, 1.807) is 5.38 Å². The number of hydrogen-bond acceptors (Lipinski definition) is 5. The molecule has 1 fully saturated rings. The molecule has 5 nitrogen and oxygen atoms in total. The van der Waals surface area contributed by atoms with Crippen molar-refractivity contribution >= 4 is 17.3 Å². The number of carbonyl (C=O) groups is 1. The summed E-state index contributed by atoms with van der Waals surface area (Å²) >= 11 is 1.17. The molecule has 1 aromatic rings. The quantitative estimate of drug-likeness (QED) is 0.832. The molecule has 0 spiro atoms. The Kier molecular flexibility index (Phi) is 4.47. The molecular formula is C11H16N2O3S. The van der Waals surface area contributed by atoms with Crippen LogP contribution in [-0.2, 0) is 11.3 Å². The molecule has 6 heteroatoms. The van der Waals surface area contributed by atoms with Crippen LogP contribution in [0, 0.1) is 5.92 Å². The van der Waals surface area contributed by atoms with Gasteiger partial charge in [0.15, 0.2) is 0 Å². The van der Waals surface area contributed by atoms with Gasteiger partial charge in [0.25, 0.3) is 0 Å². The van der Waals surface area contributed by atoms with Crippen LogP contribution in [0.3, 0.4) is 0 Å². The summed E-state index contributed by atoms with van der Waals surface area (Å²) in [6.45, 7) is 3.29. The molecule has 1 saturated heterocycles.